The molecule has 0 amide bonds. The van der Waals surface area contributed by atoms with Gasteiger partial charge in [0, 0.05) is 17.4 Å². The van der Waals surface area contributed by atoms with Crippen LogP contribution in [0, 0.1) is 0 Å². The predicted molar refractivity (Wildman–Crippen MR) is 105 cm³/mol. The highest BCUT2D eigenvalue weighted by molar-refractivity contribution is 5.95. The van der Waals surface area contributed by atoms with Gasteiger partial charge in [-0.05, 0) is 24.6 Å². The summed E-state index contributed by atoms with van der Waals surface area (Å²) in [7, 11) is 6.28. The summed E-state index contributed by atoms with van der Waals surface area (Å²) in [4.78, 5) is 12.9. The van der Waals surface area contributed by atoms with Crippen LogP contribution in [0.25, 0.3) is 10.9 Å². The van der Waals surface area contributed by atoms with E-state index in [2.05, 4.69) is 33.3 Å². The van der Waals surface area contributed by atoms with Crippen molar-refractivity contribution in [2.24, 2.45) is 0 Å². The molecule has 0 fully saturated rings. The Morgan fingerprint density at radius 2 is 1.69 bits per heavy atom. The molecule has 0 bridgehead atoms. The van der Waals surface area contributed by atoms with Crippen LogP contribution in [0.1, 0.15) is 23.0 Å². The zero-order valence-electron chi connectivity index (χ0n) is 16.0. The van der Waals surface area contributed by atoms with Gasteiger partial charge in [-0.25, -0.2) is 4.79 Å². The van der Waals surface area contributed by atoms with Gasteiger partial charge in [0.1, 0.15) is 18.3 Å². The molecule has 4 nitrogen and oxygen atoms in total. The number of rotatable bonds is 6. The quantitative estimate of drug-likeness (QED) is 0.497. The topological polar surface area (TPSA) is 31.2 Å². The maximum absolute atomic E-state index is 12.9. The summed E-state index contributed by atoms with van der Waals surface area (Å²) in [5.74, 6) is -0.266. The number of carbonyl (C=O) groups is 1. The first-order valence-electron chi connectivity index (χ1n) is 8.97. The lowest BCUT2D eigenvalue weighted by atomic mass is 10.2. The van der Waals surface area contributed by atoms with Gasteiger partial charge in [0.15, 0.2) is 0 Å². The predicted octanol–water partition coefficient (Wildman–Crippen LogP) is 3.94. The largest absolute Gasteiger partial charge is 0.452 e. The maximum Gasteiger partial charge on any atom is 0.355 e. The van der Waals surface area contributed by atoms with E-state index in [-0.39, 0.29) is 12.1 Å². The average molecular weight is 351 g/mol. The van der Waals surface area contributed by atoms with Gasteiger partial charge in [0.25, 0.3) is 0 Å². The van der Waals surface area contributed by atoms with Gasteiger partial charge in [0.2, 0.25) is 0 Å². The van der Waals surface area contributed by atoms with Crippen molar-refractivity contribution in [3.63, 3.8) is 0 Å². The van der Waals surface area contributed by atoms with Gasteiger partial charge in [-0.2, -0.15) is 0 Å². The number of quaternary nitrogens is 1. The van der Waals surface area contributed by atoms with Crippen LogP contribution >= 0.6 is 0 Å². The van der Waals surface area contributed by atoms with Crippen molar-refractivity contribution in [3.05, 3.63) is 71.9 Å². The first-order chi connectivity index (χ1) is 12.3. The van der Waals surface area contributed by atoms with E-state index < -0.39 is 0 Å². The molecule has 3 aromatic rings. The highest BCUT2D eigenvalue weighted by atomic mass is 16.5. The number of hydrogen-bond acceptors (Lipinski definition) is 2. The molecule has 1 heterocycles. The molecule has 3 rings (SSSR count). The Labute approximate surface area is 155 Å². The number of likely N-dealkylation sites (N-methyl/N-ethyl adjacent to an activating group) is 1. The number of aromatic nitrogens is 1. The second-order valence-electron chi connectivity index (χ2n) is 7.85. The molecule has 0 aliphatic carbocycles. The van der Waals surface area contributed by atoms with Crippen LogP contribution in [0.2, 0.25) is 0 Å². The number of ether oxygens (including phenoxy) is 1. The van der Waals surface area contributed by atoms with Crippen molar-refractivity contribution >= 4 is 16.9 Å². The Hall–Kier alpha value is -2.59. The molecule has 0 saturated heterocycles. The second kappa shape index (κ2) is 7.34. The fraction of sp³-hybridized carbons (Fsp3) is 0.318. The molecule has 0 N–H and O–H groups in total. The van der Waals surface area contributed by atoms with E-state index in [9.17, 15) is 4.79 Å². The molecule has 0 spiro atoms. The third-order valence-corrected chi connectivity index (χ3v) is 4.32. The minimum Gasteiger partial charge on any atom is -0.452 e. The molecule has 0 aliphatic rings. The maximum atomic E-state index is 12.9. The van der Waals surface area contributed by atoms with Gasteiger partial charge in [-0.15, -0.1) is 0 Å². The lowest BCUT2D eigenvalue weighted by molar-refractivity contribution is -0.873. The minimum atomic E-state index is -0.266. The molecule has 2 aromatic carbocycles. The van der Waals surface area contributed by atoms with Gasteiger partial charge >= 0.3 is 5.97 Å². The van der Waals surface area contributed by atoms with E-state index in [0.29, 0.717) is 12.2 Å². The summed E-state index contributed by atoms with van der Waals surface area (Å²) in [6, 6.07) is 20.2. The summed E-state index contributed by atoms with van der Waals surface area (Å²) in [6.45, 7) is 3.36. The Morgan fingerprint density at radius 3 is 2.38 bits per heavy atom. The van der Waals surface area contributed by atoms with Crippen LogP contribution < -0.4 is 0 Å². The van der Waals surface area contributed by atoms with E-state index in [1.807, 2.05) is 60.0 Å². The van der Waals surface area contributed by atoms with Crippen molar-refractivity contribution in [2.75, 3.05) is 27.7 Å². The summed E-state index contributed by atoms with van der Waals surface area (Å²) in [5.41, 5.74) is 2.80. The van der Waals surface area contributed by atoms with Crippen LogP contribution in [0.15, 0.2) is 60.7 Å². The number of carbonyl (C=O) groups excluding carboxylic acids is 1. The summed E-state index contributed by atoms with van der Waals surface area (Å²) >= 11 is 0. The zero-order valence-corrected chi connectivity index (χ0v) is 16.0. The Bertz CT molecular complexity index is 891. The first kappa shape index (κ1) is 18.2. The number of esters is 1. The Morgan fingerprint density at radius 1 is 1.04 bits per heavy atom. The SMILES string of the molecule is CC(C[N+](C)(C)C)OC(=O)c1cc2ccccc2n1Cc1ccccc1. The lowest BCUT2D eigenvalue weighted by Gasteiger charge is -2.27. The highest BCUT2D eigenvalue weighted by Crippen LogP contribution is 2.22. The second-order valence-corrected chi connectivity index (χ2v) is 7.85. The van der Waals surface area contributed by atoms with E-state index in [1.54, 1.807) is 0 Å². The minimum absolute atomic E-state index is 0.148. The van der Waals surface area contributed by atoms with E-state index in [0.717, 1.165) is 27.5 Å². The van der Waals surface area contributed by atoms with E-state index >= 15 is 0 Å². The molecule has 0 aliphatic heterocycles. The third-order valence-electron chi connectivity index (χ3n) is 4.32. The number of nitrogens with zero attached hydrogens (tertiary/aromatic N) is 2. The van der Waals surface area contributed by atoms with E-state index in [1.165, 1.54) is 0 Å². The Balaban J connectivity index is 1.92. The number of benzene rings is 2. The van der Waals surface area contributed by atoms with Crippen LogP contribution in [-0.2, 0) is 11.3 Å². The van der Waals surface area contributed by atoms with Gasteiger partial charge in [0.05, 0.1) is 21.1 Å². The van der Waals surface area contributed by atoms with Gasteiger partial charge < -0.3 is 13.8 Å². The first-order valence-corrected chi connectivity index (χ1v) is 8.97. The molecule has 1 aromatic heterocycles. The number of fused-ring (bicyclic) bond motifs is 1. The van der Waals surface area contributed by atoms with Crippen molar-refractivity contribution in [3.8, 4) is 0 Å². The lowest BCUT2D eigenvalue weighted by Crippen LogP contribution is -2.42. The average Bonchev–Trinajstić information content (AvgIpc) is 2.93. The van der Waals surface area contributed by atoms with E-state index in [4.69, 9.17) is 4.74 Å². The third kappa shape index (κ3) is 4.33. The van der Waals surface area contributed by atoms with Crippen molar-refractivity contribution in [1.29, 1.82) is 0 Å². The van der Waals surface area contributed by atoms with Crippen LogP contribution in [0.3, 0.4) is 0 Å². The van der Waals surface area contributed by atoms with Crippen molar-refractivity contribution in [1.82, 2.24) is 4.57 Å². The fourth-order valence-electron chi connectivity index (χ4n) is 3.37. The molecule has 136 valence electrons. The molecule has 0 saturated carbocycles. The highest BCUT2D eigenvalue weighted by Gasteiger charge is 2.22. The smallest absolute Gasteiger partial charge is 0.355 e. The molecular weight excluding hydrogens is 324 g/mol. The number of hydrogen-bond donors (Lipinski definition) is 0. The summed E-state index contributed by atoms with van der Waals surface area (Å²) < 4.78 is 8.54. The van der Waals surface area contributed by atoms with Crippen molar-refractivity contribution < 1.29 is 14.0 Å². The van der Waals surface area contributed by atoms with Crippen LogP contribution in [0.5, 0.6) is 0 Å². The fourth-order valence-corrected chi connectivity index (χ4v) is 3.37. The van der Waals surface area contributed by atoms with Gasteiger partial charge in [-0.3, -0.25) is 0 Å². The monoisotopic (exact) mass is 351 g/mol. The normalized spacial score (nSPS) is 12.9. The molecule has 1 atom stereocenters. The standard InChI is InChI=1S/C22H27N2O2/c1-17(16-24(2,3)4)26-22(25)21-14-19-12-8-9-13-20(19)23(21)15-18-10-6-5-7-11-18/h5-14,17H,15-16H2,1-4H3/q+1. The van der Waals surface area contributed by atoms with Crippen LogP contribution in [-0.4, -0.2) is 48.8 Å². The zero-order chi connectivity index (χ0) is 18.7. The number of para-hydroxylation sites is 1. The summed E-state index contributed by atoms with van der Waals surface area (Å²) in [6.07, 6.45) is -0.148. The Kier molecular flexibility index (Phi) is 5.14. The van der Waals surface area contributed by atoms with Crippen molar-refractivity contribution in [2.45, 2.75) is 19.6 Å². The molecule has 1 unspecified atom stereocenters. The summed E-state index contributed by atoms with van der Waals surface area (Å²) in [5, 5.41) is 1.05. The van der Waals surface area contributed by atoms with Crippen LogP contribution in [0.4, 0.5) is 0 Å². The molecule has 4 heteroatoms. The molecule has 0 radical (unpaired) electrons. The molecular formula is C22H27N2O2+. The van der Waals surface area contributed by atoms with Gasteiger partial charge in [-0.1, -0.05) is 48.5 Å². The molecule has 26 heavy (non-hydrogen) atoms.